The first-order valence-electron chi connectivity index (χ1n) is 8.89. The highest BCUT2D eigenvalue weighted by atomic mass is 35.5. The Morgan fingerprint density at radius 1 is 1.11 bits per heavy atom. The number of phenols is 1. The Bertz CT molecular complexity index is 1050. The summed E-state index contributed by atoms with van der Waals surface area (Å²) in [5.74, 6) is -0.131. The minimum absolute atomic E-state index is 0.0871. The quantitative estimate of drug-likeness (QED) is 0.701. The van der Waals surface area contributed by atoms with Gasteiger partial charge in [0, 0.05) is 35.0 Å². The van der Waals surface area contributed by atoms with E-state index < -0.39 is 0 Å². The number of aryl methyl sites for hydroxylation is 1. The molecule has 0 aliphatic carbocycles. The van der Waals surface area contributed by atoms with Gasteiger partial charge in [0.25, 0.3) is 5.91 Å². The van der Waals surface area contributed by atoms with E-state index in [0.29, 0.717) is 28.3 Å². The predicted octanol–water partition coefficient (Wildman–Crippen LogP) is 4.74. The second-order valence-electron chi connectivity index (χ2n) is 6.72. The lowest BCUT2D eigenvalue weighted by molar-refractivity contribution is 0.0711. The number of carbonyl (C=O) groups excluding carboxylic acids is 1. The van der Waals surface area contributed by atoms with Gasteiger partial charge in [0.15, 0.2) is 0 Å². The third kappa shape index (κ3) is 3.49. The van der Waals surface area contributed by atoms with Crippen LogP contribution in [0.2, 0.25) is 5.02 Å². The molecule has 1 N–H and O–H groups in total. The summed E-state index contributed by atoms with van der Waals surface area (Å²) in [6, 6.07) is 15.9. The lowest BCUT2D eigenvalue weighted by Gasteiger charge is -2.22. The lowest BCUT2D eigenvalue weighted by Crippen LogP contribution is -2.27. The highest BCUT2D eigenvalue weighted by molar-refractivity contribution is 6.31. The smallest absolute Gasteiger partial charge is 0.274 e. The van der Waals surface area contributed by atoms with Crippen molar-refractivity contribution in [3.05, 3.63) is 94.3 Å². The maximum atomic E-state index is 13.1. The number of rotatable bonds is 3. The van der Waals surface area contributed by atoms with Crippen LogP contribution >= 0.6 is 11.6 Å². The highest BCUT2D eigenvalue weighted by Gasteiger charge is 2.34. The highest BCUT2D eigenvalue weighted by Crippen LogP contribution is 2.36. The van der Waals surface area contributed by atoms with E-state index in [1.807, 2.05) is 31.2 Å². The summed E-state index contributed by atoms with van der Waals surface area (Å²) in [4.78, 5) is 17.1. The van der Waals surface area contributed by atoms with Gasteiger partial charge in [0.05, 0.1) is 11.8 Å². The van der Waals surface area contributed by atoms with Crippen LogP contribution in [0, 0.1) is 6.92 Å². The van der Waals surface area contributed by atoms with Crippen molar-refractivity contribution in [1.29, 1.82) is 0 Å². The molecule has 2 aromatic carbocycles. The summed E-state index contributed by atoms with van der Waals surface area (Å²) in [5.41, 5.74) is 3.78. The van der Waals surface area contributed by atoms with E-state index in [2.05, 4.69) is 10.1 Å². The van der Waals surface area contributed by atoms with E-state index in [0.717, 1.165) is 11.1 Å². The van der Waals surface area contributed by atoms with Gasteiger partial charge >= 0.3 is 0 Å². The van der Waals surface area contributed by atoms with E-state index in [1.165, 1.54) is 11.1 Å². The molecule has 1 amide bonds. The minimum atomic E-state index is -0.269. The standard InChI is InChI=1S/C22H18ClN3O2/c1-14-2-4-15(5-3-14)20-13-19(18-12-17(23)6-7-21(18)27)25-26(20)22(28)16-8-10-24-11-9-16/h2-12,20,27H,13H2,1H3/t20-/m1/s1. The number of hydrogen-bond donors (Lipinski definition) is 1. The zero-order valence-electron chi connectivity index (χ0n) is 15.2. The van der Waals surface area contributed by atoms with E-state index in [-0.39, 0.29) is 17.7 Å². The molecule has 0 bridgehead atoms. The second-order valence-corrected chi connectivity index (χ2v) is 7.16. The molecule has 3 aromatic rings. The summed E-state index contributed by atoms with van der Waals surface area (Å²) in [6.07, 6.45) is 3.64. The molecule has 0 saturated heterocycles. The fourth-order valence-corrected chi connectivity index (χ4v) is 3.45. The van der Waals surface area contributed by atoms with Crippen molar-refractivity contribution in [1.82, 2.24) is 9.99 Å². The van der Waals surface area contributed by atoms with Crippen LogP contribution in [0.3, 0.4) is 0 Å². The molecular weight excluding hydrogens is 374 g/mol. The Hall–Kier alpha value is -3.18. The fourth-order valence-electron chi connectivity index (χ4n) is 3.27. The summed E-state index contributed by atoms with van der Waals surface area (Å²) in [6.45, 7) is 2.02. The second kappa shape index (κ2) is 7.44. The first-order chi connectivity index (χ1) is 13.5. The third-order valence-electron chi connectivity index (χ3n) is 4.78. The molecular formula is C22H18ClN3O2. The van der Waals surface area contributed by atoms with Crippen LogP contribution in [0.4, 0.5) is 0 Å². The van der Waals surface area contributed by atoms with Crippen molar-refractivity contribution >= 4 is 23.2 Å². The molecule has 0 unspecified atom stereocenters. The number of benzene rings is 2. The number of amides is 1. The van der Waals surface area contributed by atoms with Crippen molar-refractivity contribution in [2.24, 2.45) is 5.10 Å². The normalized spacial score (nSPS) is 16.1. The first kappa shape index (κ1) is 18.2. The number of hydrogen-bond acceptors (Lipinski definition) is 4. The molecule has 1 atom stereocenters. The number of hydrazone groups is 1. The number of halogens is 1. The Kier molecular flexibility index (Phi) is 4.84. The van der Waals surface area contributed by atoms with Gasteiger partial charge in [-0.05, 0) is 42.8 Å². The Morgan fingerprint density at radius 2 is 1.82 bits per heavy atom. The summed E-state index contributed by atoms with van der Waals surface area (Å²) >= 11 is 6.11. The van der Waals surface area contributed by atoms with Gasteiger partial charge in [-0.2, -0.15) is 5.10 Å². The maximum absolute atomic E-state index is 13.1. The molecule has 28 heavy (non-hydrogen) atoms. The minimum Gasteiger partial charge on any atom is -0.507 e. The molecule has 6 heteroatoms. The predicted molar refractivity (Wildman–Crippen MR) is 109 cm³/mol. The number of pyridine rings is 1. The number of aromatic hydroxyl groups is 1. The van der Waals surface area contributed by atoms with Crippen LogP contribution in [0.25, 0.3) is 0 Å². The molecule has 2 heterocycles. The number of carbonyl (C=O) groups is 1. The SMILES string of the molecule is Cc1ccc([C@H]2CC(c3cc(Cl)ccc3O)=NN2C(=O)c2ccncc2)cc1. The monoisotopic (exact) mass is 391 g/mol. The van der Waals surface area contributed by atoms with Crippen LogP contribution in [0.15, 0.2) is 72.1 Å². The van der Waals surface area contributed by atoms with E-state index >= 15 is 0 Å². The first-order valence-corrected chi connectivity index (χ1v) is 9.27. The molecule has 1 aliphatic rings. The molecule has 0 spiro atoms. The van der Waals surface area contributed by atoms with Crippen LogP contribution in [0.5, 0.6) is 5.75 Å². The Labute approximate surface area is 167 Å². The molecule has 0 fully saturated rings. The molecule has 1 aliphatic heterocycles. The van der Waals surface area contributed by atoms with E-state index in [1.54, 1.807) is 36.7 Å². The average Bonchev–Trinajstić information content (AvgIpc) is 3.15. The van der Waals surface area contributed by atoms with Crippen molar-refractivity contribution in [2.45, 2.75) is 19.4 Å². The van der Waals surface area contributed by atoms with Gasteiger partial charge in [-0.3, -0.25) is 9.78 Å². The summed E-state index contributed by atoms with van der Waals surface area (Å²) in [7, 11) is 0. The Balaban J connectivity index is 1.77. The topological polar surface area (TPSA) is 65.8 Å². The van der Waals surface area contributed by atoms with E-state index in [9.17, 15) is 9.90 Å². The van der Waals surface area contributed by atoms with Crippen molar-refractivity contribution in [2.75, 3.05) is 0 Å². The third-order valence-corrected chi connectivity index (χ3v) is 5.01. The molecule has 0 radical (unpaired) electrons. The van der Waals surface area contributed by atoms with Crippen LogP contribution in [0.1, 0.15) is 39.5 Å². The van der Waals surface area contributed by atoms with Crippen LogP contribution in [-0.4, -0.2) is 26.7 Å². The summed E-state index contributed by atoms with van der Waals surface area (Å²) < 4.78 is 0. The van der Waals surface area contributed by atoms with Crippen molar-refractivity contribution in [3.63, 3.8) is 0 Å². The van der Waals surface area contributed by atoms with Crippen LogP contribution in [-0.2, 0) is 0 Å². The molecule has 4 rings (SSSR count). The van der Waals surface area contributed by atoms with E-state index in [4.69, 9.17) is 11.6 Å². The van der Waals surface area contributed by atoms with Gasteiger partial charge in [0.2, 0.25) is 0 Å². The molecule has 0 saturated carbocycles. The van der Waals surface area contributed by atoms with Gasteiger partial charge in [-0.15, -0.1) is 0 Å². The number of phenolic OH excluding ortho intramolecular Hbond substituents is 1. The van der Waals surface area contributed by atoms with Gasteiger partial charge in [-0.1, -0.05) is 41.4 Å². The largest absolute Gasteiger partial charge is 0.507 e. The average molecular weight is 392 g/mol. The number of aromatic nitrogens is 1. The van der Waals surface area contributed by atoms with Crippen molar-refractivity contribution < 1.29 is 9.90 Å². The molecule has 1 aromatic heterocycles. The van der Waals surface area contributed by atoms with Gasteiger partial charge in [-0.25, -0.2) is 5.01 Å². The van der Waals surface area contributed by atoms with Gasteiger partial charge < -0.3 is 5.11 Å². The zero-order chi connectivity index (χ0) is 19.7. The lowest BCUT2D eigenvalue weighted by atomic mass is 9.97. The number of nitrogens with zero attached hydrogens (tertiary/aromatic N) is 3. The zero-order valence-corrected chi connectivity index (χ0v) is 16.0. The van der Waals surface area contributed by atoms with Crippen molar-refractivity contribution in [3.8, 4) is 5.75 Å². The molecule has 5 nitrogen and oxygen atoms in total. The summed E-state index contributed by atoms with van der Waals surface area (Å²) in [5, 5.41) is 16.8. The van der Waals surface area contributed by atoms with Gasteiger partial charge in [0.1, 0.15) is 5.75 Å². The maximum Gasteiger partial charge on any atom is 0.274 e. The van der Waals surface area contributed by atoms with Crippen LogP contribution < -0.4 is 0 Å². The Morgan fingerprint density at radius 3 is 2.54 bits per heavy atom. The molecule has 140 valence electrons. The fraction of sp³-hybridized carbons (Fsp3) is 0.136.